The van der Waals surface area contributed by atoms with Crippen molar-refractivity contribution in [1.82, 2.24) is 4.98 Å². The number of hydrogen-bond donors (Lipinski definition) is 1. The molecule has 1 aromatic carbocycles. The van der Waals surface area contributed by atoms with Gasteiger partial charge in [-0.1, -0.05) is 15.9 Å². The number of rotatable bonds is 1. The Morgan fingerprint density at radius 2 is 2.23 bits per heavy atom. The van der Waals surface area contributed by atoms with Crippen LogP contribution in [-0.4, -0.2) is 12.0 Å². The zero-order valence-corrected chi connectivity index (χ0v) is 8.97. The fourth-order valence-electron chi connectivity index (χ4n) is 1.16. The zero-order valence-electron chi connectivity index (χ0n) is 7.39. The summed E-state index contributed by atoms with van der Waals surface area (Å²) < 4.78 is 6.44. The van der Waals surface area contributed by atoms with Crippen LogP contribution in [0.5, 0.6) is 0 Å². The molecule has 68 valence electrons. The van der Waals surface area contributed by atoms with E-state index >= 15 is 0 Å². The summed E-state index contributed by atoms with van der Waals surface area (Å²) in [6.07, 6.45) is 0. The molecule has 1 heterocycles. The first-order valence-corrected chi connectivity index (χ1v) is 4.74. The molecule has 0 spiro atoms. The molecular weight excluding hydrogens is 232 g/mol. The molecule has 0 amide bonds. The zero-order chi connectivity index (χ0) is 9.42. The molecule has 0 unspecified atom stereocenters. The summed E-state index contributed by atoms with van der Waals surface area (Å²) in [6, 6.07) is 4.47. The molecule has 1 N–H and O–H groups in total. The molecule has 3 nitrogen and oxygen atoms in total. The Morgan fingerprint density at radius 3 is 2.92 bits per heavy atom. The Labute approximate surface area is 84.3 Å². The maximum absolute atomic E-state index is 5.40. The largest absolute Gasteiger partial charge is 0.424 e. The number of nitrogens with one attached hydrogen (secondary N) is 1. The van der Waals surface area contributed by atoms with Gasteiger partial charge in [0.2, 0.25) is 0 Å². The predicted octanol–water partition coefficient (Wildman–Crippen LogP) is 2.94. The maximum atomic E-state index is 5.40. The summed E-state index contributed by atoms with van der Waals surface area (Å²) in [6.45, 7) is 2.03. The summed E-state index contributed by atoms with van der Waals surface area (Å²) in [5, 5.41) is 2.86. The summed E-state index contributed by atoms with van der Waals surface area (Å²) >= 11 is 3.44. The van der Waals surface area contributed by atoms with Gasteiger partial charge in [0.05, 0.1) is 0 Å². The minimum absolute atomic E-state index is 0.549. The van der Waals surface area contributed by atoms with Crippen molar-refractivity contribution < 1.29 is 4.42 Å². The number of aryl methyl sites for hydroxylation is 1. The molecule has 0 radical (unpaired) electrons. The normalized spacial score (nSPS) is 10.7. The Morgan fingerprint density at radius 1 is 1.46 bits per heavy atom. The van der Waals surface area contributed by atoms with E-state index in [0.29, 0.717) is 6.01 Å². The molecule has 0 aliphatic rings. The lowest BCUT2D eigenvalue weighted by Crippen LogP contribution is -1.85. The average molecular weight is 241 g/mol. The SMILES string of the molecule is CNc1nc2cc(C)c(Br)cc2o1. The van der Waals surface area contributed by atoms with E-state index in [1.807, 2.05) is 19.1 Å². The first-order chi connectivity index (χ1) is 6.20. The van der Waals surface area contributed by atoms with Gasteiger partial charge in [0.15, 0.2) is 5.58 Å². The Hall–Kier alpha value is -1.03. The van der Waals surface area contributed by atoms with Gasteiger partial charge in [0.1, 0.15) is 5.52 Å². The highest BCUT2D eigenvalue weighted by atomic mass is 79.9. The number of anilines is 1. The topological polar surface area (TPSA) is 38.1 Å². The number of fused-ring (bicyclic) bond motifs is 1. The maximum Gasteiger partial charge on any atom is 0.295 e. The Balaban J connectivity index is 2.70. The monoisotopic (exact) mass is 240 g/mol. The molecule has 0 atom stereocenters. The standard InChI is InChI=1S/C9H9BrN2O/c1-5-3-7-8(4-6(5)10)13-9(11-2)12-7/h3-4H,1-2H3,(H,11,12). The molecule has 13 heavy (non-hydrogen) atoms. The first-order valence-electron chi connectivity index (χ1n) is 3.95. The molecule has 0 saturated carbocycles. The van der Waals surface area contributed by atoms with Gasteiger partial charge in [-0.15, -0.1) is 0 Å². The lowest BCUT2D eigenvalue weighted by atomic mass is 10.2. The minimum Gasteiger partial charge on any atom is -0.424 e. The number of oxazole rings is 1. The van der Waals surface area contributed by atoms with Crippen molar-refractivity contribution in [2.45, 2.75) is 6.92 Å². The van der Waals surface area contributed by atoms with Gasteiger partial charge in [0.25, 0.3) is 6.01 Å². The molecule has 1 aromatic heterocycles. The molecule has 2 rings (SSSR count). The number of halogens is 1. The third-order valence-corrected chi connectivity index (χ3v) is 2.74. The number of nitrogens with zero attached hydrogens (tertiary/aromatic N) is 1. The third-order valence-electron chi connectivity index (χ3n) is 1.88. The fraction of sp³-hybridized carbons (Fsp3) is 0.222. The number of aromatic nitrogens is 1. The van der Waals surface area contributed by atoms with E-state index in [1.54, 1.807) is 7.05 Å². The van der Waals surface area contributed by atoms with Crippen LogP contribution in [0.4, 0.5) is 6.01 Å². The van der Waals surface area contributed by atoms with Gasteiger partial charge >= 0.3 is 0 Å². The fourth-order valence-corrected chi connectivity index (χ4v) is 1.48. The Kier molecular flexibility index (Phi) is 2.00. The van der Waals surface area contributed by atoms with E-state index in [4.69, 9.17) is 4.42 Å². The van der Waals surface area contributed by atoms with Crippen molar-refractivity contribution in [3.8, 4) is 0 Å². The first kappa shape index (κ1) is 8.56. The lowest BCUT2D eigenvalue weighted by Gasteiger charge is -1.94. The van der Waals surface area contributed by atoms with Crippen LogP contribution in [-0.2, 0) is 0 Å². The predicted molar refractivity (Wildman–Crippen MR) is 56.0 cm³/mol. The molecule has 0 bridgehead atoms. The van der Waals surface area contributed by atoms with Crippen molar-refractivity contribution in [3.05, 3.63) is 22.2 Å². The van der Waals surface area contributed by atoms with Gasteiger partial charge in [-0.05, 0) is 24.6 Å². The van der Waals surface area contributed by atoms with Gasteiger partial charge < -0.3 is 9.73 Å². The lowest BCUT2D eigenvalue weighted by molar-refractivity contribution is 0.620. The number of benzene rings is 1. The van der Waals surface area contributed by atoms with E-state index in [1.165, 1.54) is 0 Å². The van der Waals surface area contributed by atoms with E-state index < -0.39 is 0 Å². The molecular formula is C9H9BrN2O. The van der Waals surface area contributed by atoms with E-state index in [9.17, 15) is 0 Å². The van der Waals surface area contributed by atoms with Crippen LogP contribution in [0.3, 0.4) is 0 Å². The van der Waals surface area contributed by atoms with Crippen molar-refractivity contribution >= 4 is 33.0 Å². The van der Waals surface area contributed by atoms with Gasteiger partial charge in [-0.3, -0.25) is 0 Å². The summed E-state index contributed by atoms with van der Waals surface area (Å²) in [7, 11) is 1.78. The minimum atomic E-state index is 0.549. The van der Waals surface area contributed by atoms with Crippen molar-refractivity contribution in [2.75, 3.05) is 12.4 Å². The average Bonchev–Trinajstić information content (AvgIpc) is 2.48. The number of hydrogen-bond acceptors (Lipinski definition) is 3. The molecule has 0 fully saturated rings. The van der Waals surface area contributed by atoms with Crippen LogP contribution in [0.15, 0.2) is 21.0 Å². The van der Waals surface area contributed by atoms with Gasteiger partial charge in [-0.2, -0.15) is 4.98 Å². The van der Waals surface area contributed by atoms with Crippen LogP contribution in [0, 0.1) is 6.92 Å². The van der Waals surface area contributed by atoms with E-state index in [0.717, 1.165) is 21.1 Å². The second kappa shape index (κ2) is 3.03. The van der Waals surface area contributed by atoms with Gasteiger partial charge in [-0.25, -0.2) is 0 Å². The van der Waals surface area contributed by atoms with Crippen LogP contribution < -0.4 is 5.32 Å². The molecule has 0 aliphatic carbocycles. The summed E-state index contributed by atoms with van der Waals surface area (Å²) in [5.74, 6) is 0. The summed E-state index contributed by atoms with van der Waals surface area (Å²) in [4.78, 5) is 4.23. The van der Waals surface area contributed by atoms with Crippen molar-refractivity contribution in [2.24, 2.45) is 0 Å². The van der Waals surface area contributed by atoms with Crippen LogP contribution in [0.25, 0.3) is 11.1 Å². The van der Waals surface area contributed by atoms with Crippen LogP contribution in [0.1, 0.15) is 5.56 Å². The molecule has 4 heteroatoms. The van der Waals surface area contributed by atoms with Crippen LogP contribution in [0.2, 0.25) is 0 Å². The highest BCUT2D eigenvalue weighted by molar-refractivity contribution is 9.10. The smallest absolute Gasteiger partial charge is 0.295 e. The highest BCUT2D eigenvalue weighted by Crippen LogP contribution is 2.25. The quantitative estimate of drug-likeness (QED) is 0.834. The summed E-state index contributed by atoms with van der Waals surface area (Å²) in [5.41, 5.74) is 2.83. The van der Waals surface area contributed by atoms with Crippen molar-refractivity contribution in [1.29, 1.82) is 0 Å². The third kappa shape index (κ3) is 1.42. The van der Waals surface area contributed by atoms with E-state index in [2.05, 4.69) is 26.2 Å². The molecule has 0 saturated heterocycles. The highest BCUT2D eigenvalue weighted by Gasteiger charge is 2.05. The molecule has 0 aliphatic heterocycles. The van der Waals surface area contributed by atoms with E-state index in [-0.39, 0.29) is 0 Å². The second-order valence-electron chi connectivity index (χ2n) is 2.84. The molecule has 2 aromatic rings. The van der Waals surface area contributed by atoms with Crippen molar-refractivity contribution in [3.63, 3.8) is 0 Å². The Bertz CT molecular complexity index is 411. The van der Waals surface area contributed by atoms with Crippen LogP contribution >= 0.6 is 15.9 Å². The second-order valence-corrected chi connectivity index (χ2v) is 3.69. The van der Waals surface area contributed by atoms with Gasteiger partial charge in [0, 0.05) is 11.5 Å².